The molecule has 0 aliphatic carbocycles. The van der Waals surface area contributed by atoms with Crippen molar-refractivity contribution in [3.8, 4) is 0 Å². The van der Waals surface area contributed by atoms with Gasteiger partial charge < -0.3 is 10.6 Å². The summed E-state index contributed by atoms with van der Waals surface area (Å²) in [6.45, 7) is 13.5. The Hall–Kier alpha value is -0.0800. The van der Waals surface area contributed by atoms with Crippen LogP contribution in [0.3, 0.4) is 0 Å². The molecule has 2 heteroatoms. The fourth-order valence-corrected chi connectivity index (χ4v) is 1.87. The predicted octanol–water partition coefficient (Wildman–Crippen LogP) is 2.93. The Morgan fingerprint density at radius 2 is 1.00 bits per heavy atom. The molecule has 92 valence electrons. The third-order valence-electron chi connectivity index (χ3n) is 3.07. The van der Waals surface area contributed by atoms with E-state index in [-0.39, 0.29) is 0 Å². The summed E-state index contributed by atoms with van der Waals surface area (Å²) in [7, 11) is 0. The lowest BCUT2D eigenvalue weighted by molar-refractivity contribution is 0.366. The van der Waals surface area contributed by atoms with Crippen molar-refractivity contribution >= 4 is 0 Å². The van der Waals surface area contributed by atoms with Crippen molar-refractivity contribution in [3.63, 3.8) is 0 Å². The molecule has 0 amide bonds. The zero-order valence-corrected chi connectivity index (χ0v) is 11.4. The molecule has 0 aliphatic heterocycles. The SMILES string of the molecule is CCC(C)NC(C)CC(C)NC(C)CC. The van der Waals surface area contributed by atoms with E-state index in [1.807, 2.05) is 0 Å². The number of hydrogen-bond donors (Lipinski definition) is 2. The number of nitrogens with one attached hydrogen (secondary N) is 2. The average molecular weight is 214 g/mol. The van der Waals surface area contributed by atoms with Crippen LogP contribution in [0.4, 0.5) is 0 Å². The zero-order chi connectivity index (χ0) is 11.8. The topological polar surface area (TPSA) is 24.1 Å². The van der Waals surface area contributed by atoms with Gasteiger partial charge in [0.15, 0.2) is 0 Å². The molecule has 0 spiro atoms. The van der Waals surface area contributed by atoms with Gasteiger partial charge >= 0.3 is 0 Å². The van der Waals surface area contributed by atoms with Gasteiger partial charge in [-0.1, -0.05) is 13.8 Å². The average Bonchev–Trinajstić information content (AvgIpc) is 2.16. The highest BCUT2D eigenvalue weighted by Crippen LogP contribution is 2.02. The summed E-state index contributed by atoms with van der Waals surface area (Å²) in [5.74, 6) is 0. The second-order valence-corrected chi connectivity index (χ2v) is 4.99. The van der Waals surface area contributed by atoms with Crippen LogP contribution >= 0.6 is 0 Å². The molecule has 0 saturated heterocycles. The maximum atomic E-state index is 3.61. The first-order chi connectivity index (χ1) is 6.99. The second-order valence-electron chi connectivity index (χ2n) is 4.99. The maximum absolute atomic E-state index is 3.61. The minimum Gasteiger partial charge on any atom is -0.312 e. The van der Waals surface area contributed by atoms with E-state index < -0.39 is 0 Å². The van der Waals surface area contributed by atoms with Crippen molar-refractivity contribution in [3.05, 3.63) is 0 Å². The molecule has 2 nitrogen and oxygen atoms in total. The quantitative estimate of drug-likeness (QED) is 0.649. The maximum Gasteiger partial charge on any atom is 0.00559 e. The van der Waals surface area contributed by atoms with Crippen LogP contribution in [0, 0.1) is 0 Å². The van der Waals surface area contributed by atoms with Crippen LogP contribution in [0.15, 0.2) is 0 Å². The highest BCUT2D eigenvalue weighted by atomic mass is 15.0. The van der Waals surface area contributed by atoms with E-state index in [4.69, 9.17) is 0 Å². The Labute approximate surface area is 96.2 Å². The lowest BCUT2D eigenvalue weighted by atomic mass is 10.1. The minimum atomic E-state index is 0.603. The van der Waals surface area contributed by atoms with E-state index >= 15 is 0 Å². The van der Waals surface area contributed by atoms with E-state index in [9.17, 15) is 0 Å². The molecule has 0 saturated carbocycles. The summed E-state index contributed by atoms with van der Waals surface area (Å²) >= 11 is 0. The third-order valence-corrected chi connectivity index (χ3v) is 3.07. The smallest absolute Gasteiger partial charge is 0.00559 e. The van der Waals surface area contributed by atoms with Crippen LogP contribution in [0.25, 0.3) is 0 Å². The Kier molecular flexibility index (Phi) is 8.07. The fourth-order valence-electron chi connectivity index (χ4n) is 1.87. The van der Waals surface area contributed by atoms with Crippen molar-refractivity contribution in [2.45, 2.75) is 85.0 Å². The van der Waals surface area contributed by atoms with Gasteiger partial charge in [0.25, 0.3) is 0 Å². The van der Waals surface area contributed by atoms with Gasteiger partial charge in [0.2, 0.25) is 0 Å². The zero-order valence-electron chi connectivity index (χ0n) is 11.4. The van der Waals surface area contributed by atoms with Gasteiger partial charge in [-0.05, 0) is 47.0 Å². The molecule has 0 heterocycles. The summed E-state index contributed by atoms with van der Waals surface area (Å²) in [4.78, 5) is 0. The summed E-state index contributed by atoms with van der Waals surface area (Å²) < 4.78 is 0. The highest BCUT2D eigenvalue weighted by Gasteiger charge is 2.11. The molecule has 0 rings (SSSR count). The molecule has 2 N–H and O–H groups in total. The first-order valence-corrected chi connectivity index (χ1v) is 6.51. The van der Waals surface area contributed by atoms with E-state index in [0.717, 1.165) is 0 Å². The predicted molar refractivity (Wildman–Crippen MR) is 69.3 cm³/mol. The van der Waals surface area contributed by atoms with Gasteiger partial charge in [0, 0.05) is 24.2 Å². The molecular weight excluding hydrogens is 184 g/mol. The van der Waals surface area contributed by atoms with Gasteiger partial charge in [0.1, 0.15) is 0 Å². The Morgan fingerprint density at radius 1 is 0.667 bits per heavy atom. The fraction of sp³-hybridized carbons (Fsp3) is 1.00. The monoisotopic (exact) mass is 214 g/mol. The molecule has 4 atom stereocenters. The van der Waals surface area contributed by atoms with Crippen molar-refractivity contribution in [2.24, 2.45) is 0 Å². The lowest BCUT2D eigenvalue weighted by Gasteiger charge is -2.24. The number of rotatable bonds is 8. The molecule has 0 bridgehead atoms. The van der Waals surface area contributed by atoms with Crippen LogP contribution in [-0.4, -0.2) is 24.2 Å². The van der Waals surface area contributed by atoms with E-state index in [0.29, 0.717) is 24.2 Å². The lowest BCUT2D eigenvalue weighted by Crippen LogP contribution is -2.41. The number of hydrogen-bond acceptors (Lipinski definition) is 2. The van der Waals surface area contributed by atoms with Crippen molar-refractivity contribution < 1.29 is 0 Å². The molecule has 0 aromatic heterocycles. The van der Waals surface area contributed by atoms with Gasteiger partial charge in [-0.2, -0.15) is 0 Å². The van der Waals surface area contributed by atoms with E-state index in [2.05, 4.69) is 52.2 Å². The van der Waals surface area contributed by atoms with Gasteiger partial charge in [-0.15, -0.1) is 0 Å². The van der Waals surface area contributed by atoms with Crippen LogP contribution in [0.5, 0.6) is 0 Å². The summed E-state index contributed by atoms with van der Waals surface area (Å²) in [5.41, 5.74) is 0. The Bertz CT molecular complexity index is 131. The summed E-state index contributed by atoms with van der Waals surface area (Å²) in [5, 5.41) is 7.22. The van der Waals surface area contributed by atoms with Crippen molar-refractivity contribution in [2.75, 3.05) is 0 Å². The van der Waals surface area contributed by atoms with Crippen LogP contribution in [0.2, 0.25) is 0 Å². The third kappa shape index (κ3) is 7.80. The molecule has 0 aliphatic rings. The van der Waals surface area contributed by atoms with Crippen molar-refractivity contribution in [1.82, 2.24) is 10.6 Å². The molecular formula is C13H30N2. The minimum absolute atomic E-state index is 0.603. The van der Waals surface area contributed by atoms with Crippen LogP contribution < -0.4 is 10.6 Å². The van der Waals surface area contributed by atoms with Crippen LogP contribution in [0.1, 0.15) is 60.8 Å². The first-order valence-electron chi connectivity index (χ1n) is 6.51. The van der Waals surface area contributed by atoms with Crippen LogP contribution in [-0.2, 0) is 0 Å². The second kappa shape index (κ2) is 8.12. The van der Waals surface area contributed by atoms with Gasteiger partial charge in [-0.25, -0.2) is 0 Å². The Balaban J connectivity index is 3.70. The van der Waals surface area contributed by atoms with E-state index in [1.54, 1.807) is 0 Å². The molecule has 0 aromatic carbocycles. The summed E-state index contributed by atoms with van der Waals surface area (Å²) in [6, 6.07) is 2.48. The highest BCUT2D eigenvalue weighted by molar-refractivity contribution is 4.74. The molecule has 0 radical (unpaired) electrons. The molecule has 4 unspecified atom stereocenters. The standard InChI is InChI=1S/C13H30N2/c1-7-10(3)14-12(5)9-13(6)15-11(4)8-2/h10-15H,7-9H2,1-6H3. The van der Waals surface area contributed by atoms with Gasteiger partial charge in [0.05, 0.1) is 0 Å². The molecule has 0 fully saturated rings. The van der Waals surface area contributed by atoms with E-state index in [1.165, 1.54) is 19.3 Å². The van der Waals surface area contributed by atoms with Gasteiger partial charge in [-0.3, -0.25) is 0 Å². The molecule has 15 heavy (non-hydrogen) atoms. The molecule has 0 aromatic rings. The Morgan fingerprint density at radius 3 is 1.27 bits per heavy atom. The normalized spacial score (nSPS) is 19.6. The largest absolute Gasteiger partial charge is 0.312 e. The van der Waals surface area contributed by atoms with Crippen molar-refractivity contribution in [1.29, 1.82) is 0 Å². The summed E-state index contributed by atoms with van der Waals surface area (Å²) in [6.07, 6.45) is 3.61. The first kappa shape index (κ1) is 14.9.